The van der Waals surface area contributed by atoms with E-state index in [1.165, 1.54) is 22.0 Å². The maximum atomic E-state index is 11.1. The van der Waals surface area contributed by atoms with E-state index in [1.54, 1.807) is 7.05 Å². The van der Waals surface area contributed by atoms with Gasteiger partial charge in [-0.1, -0.05) is 24.3 Å². The summed E-state index contributed by atoms with van der Waals surface area (Å²) in [5.74, 6) is 0.248. The van der Waals surface area contributed by atoms with Crippen LogP contribution in [-0.2, 0) is 29.6 Å². The molecule has 0 N–H and O–H groups in total. The summed E-state index contributed by atoms with van der Waals surface area (Å²) in [5, 5.41) is 15.1. The van der Waals surface area contributed by atoms with Crippen LogP contribution in [0.5, 0.6) is 0 Å². The van der Waals surface area contributed by atoms with Crippen LogP contribution in [0, 0.1) is 16.0 Å². The van der Waals surface area contributed by atoms with Crippen molar-refractivity contribution >= 4 is 5.69 Å². The third-order valence-corrected chi connectivity index (χ3v) is 4.77. The lowest BCUT2D eigenvalue weighted by atomic mass is 10.1. The molecule has 25 heavy (non-hydrogen) atoms. The van der Waals surface area contributed by atoms with Crippen molar-refractivity contribution < 1.29 is 14.4 Å². The number of nitrogens with zero attached hydrogens (tertiary/aromatic N) is 4. The van der Waals surface area contributed by atoms with E-state index < -0.39 is 11.2 Å². The number of rotatable bonds is 4. The zero-order valence-electron chi connectivity index (χ0n) is 14.0. The van der Waals surface area contributed by atoms with Crippen LogP contribution in [0.4, 0.5) is 5.69 Å². The molecule has 132 valence electrons. The SMILES string of the molecule is Cn1ncc([N+](=O)[O-])c1C1OCC(CN2Cc3ccccc3C2)CO1. The minimum atomic E-state index is -0.736. The summed E-state index contributed by atoms with van der Waals surface area (Å²) in [6, 6.07) is 8.47. The molecule has 0 bridgehead atoms. The van der Waals surface area contributed by atoms with Crippen LogP contribution < -0.4 is 0 Å². The molecule has 1 aromatic heterocycles. The molecule has 0 unspecified atom stereocenters. The van der Waals surface area contributed by atoms with Gasteiger partial charge in [0.2, 0.25) is 6.29 Å². The first-order chi connectivity index (χ1) is 12.1. The van der Waals surface area contributed by atoms with Crippen LogP contribution in [-0.4, -0.2) is 39.4 Å². The van der Waals surface area contributed by atoms with Crippen molar-refractivity contribution in [2.45, 2.75) is 19.4 Å². The standard InChI is InChI=1S/C17H20N4O4/c1-19-16(15(6-18-19)21(22)23)17-24-10-12(11-25-17)7-20-8-13-4-2-3-5-14(13)9-20/h2-6,12,17H,7-11H2,1H3. The van der Waals surface area contributed by atoms with Gasteiger partial charge in [0.15, 0.2) is 5.69 Å². The van der Waals surface area contributed by atoms with Gasteiger partial charge >= 0.3 is 5.69 Å². The van der Waals surface area contributed by atoms with Gasteiger partial charge in [-0.2, -0.15) is 5.10 Å². The Kier molecular flexibility index (Phi) is 4.24. The number of fused-ring (bicyclic) bond motifs is 1. The summed E-state index contributed by atoms with van der Waals surface area (Å²) in [6.45, 7) is 3.81. The van der Waals surface area contributed by atoms with E-state index in [9.17, 15) is 10.1 Å². The third kappa shape index (κ3) is 3.15. The molecule has 0 radical (unpaired) electrons. The molecule has 2 aromatic rings. The molecule has 8 nitrogen and oxygen atoms in total. The highest BCUT2D eigenvalue weighted by Gasteiger charge is 2.33. The van der Waals surface area contributed by atoms with Gasteiger partial charge in [0.05, 0.1) is 18.1 Å². The lowest BCUT2D eigenvalue weighted by Gasteiger charge is -2.31. The molecule has 3 heterocycles. The second-order valence-corrected chi connectivity index (χ2v) is 6.60. The van der Waals surface area contributed by atoms with Crippen LogP contribution >= 0.6 is 0 Å². The number of aryl methyl sites for hydroxylation is 1. The molecule has 0 amide bonds. The zero-order valence-corrected chi connectivity index (χ0v) is 14.0. The van der Waals surface area contributed by atoms with Crippen LogP contribution in [0.15, 0.2) is 30.5 Å². The average Bonchev–Trinajstić information content (AvgIpc) is 3.18. The molecule has 2 aliphatic heterocycles. The zero-order chi connectivity index (χ0) is 17.4. The maximum Gasteiger partial charge on any atom is 0.315 e. The van der Waals surface area contributed by atoms with Gasteiger partial charge in [-0.05, 0) is 11.1 Å². The molecule has 0 atom stereocenters. The molecule has 1 saturated heterocycles. The fourth-order valence-electron chi connectivity index (χ4n) is 3.55. The topological polar surface area (TPSA) is 82.7 Å². The Morgan fingerprint density at radius 2 is 1.88 bits per heavy atom. The maximum absolute atomic E-state index is 11.1. The van der Waals surface area contributed by atoms with Crippen molar-refractivity contribution in [3.05, 3.63) is 57.4 Å². The molecule has 0 spiro atoms. The quantitative estimate of drug-likeness (QED) is 0.623. The van der Waals surface area contributed by atoms with E-state index in [-0.39, 0.29) is 11.6 Å². The summed E-state index contributed by atoms with van der Waals surface area (Å²) >= 11 is 0. The van der Waals surface area contributed by atoms with Crippen molar-refractivity contribution in [3.63, 3.8) is 0 Å². The van der Waals surface area contributed by atoms with Gasteiger partial charge in [0, 0.05) is 32.6 Å². The third-order valence-electron chi connectivity index (χ3n) is 4.77. The lowest BCUT2D eigenvalue weighted by molar-refractivity contribution is -0.387. The van der Waals surface area contributed by atoms with Gasteiger partial charge in [-0.15, -0.1) is 0 Å². The highest BCUT2D eigenvalue weighted by Crippen LogP contribution is 2.32. The highest BCUT2D eigenvalue weighted by molar-refractivity contribution is 5.34. The summed E-state index contributed by atoms with van der Waals surface area (Å²) < 4.78 is 13.0. The van der Waals surface area contributed by atoms with E-state index in [1.807, 2.05) is 0 Å². The Hall–Kier alpha value is -2.29. The smallest absolute Gasteiger partial charge is 0.315 e. The minimum Gasteiger partial charge on any atom is -0.346 e. The van der Waals surface area contributed by atoms with Gasteiger partial charge < -0.3 is 9.47 Å². The number of nitro groups is 1. The van der Waals surface area contributed by atoms with Crippen LogP contribution in [0.2, 0.25) is 0 Å². The predicted molar refractivity (Wildman–Crippen MR) is 88.6 cm³/mol. The second-order valence-electron chi connectivity index (χ2n) is 6.60. The molecule has 8 heteroatoms. The first kappa shape index (κ1) is 16.2. The van der Waals surface area contributed by atoms with Crippen LogP contribution in [0.1, 0.15) is 23.1 Å². The molecule has 4 rings (SSSR count). The monoisotopic (exact) mass is 344 g/mol. The largest absolute Gasteiger partial charge is 0.346 e. The van der Waals surface area contributed by atoms with E-state index in [0.717, 1.165) is 19.6 Å². The average molecular weight is 344 g/mol. The summed E-state index contributed by atoms with van der Waals surface area (Å²) in [6.07, 6.45) is 0.496. The normalized spacial score (nSPS) is 23.6. The van der Waals surface area contributed by atoms with Gasteiger partial charge in [0.1, 0.15) is 6.20 Å². The number of aromatic nitrogens is 2. The van der Waals surface area contributed by atoms with Crippen molar-refractivity contribution in [3.8, 4) is 0 Å². The van der Waals surface area contributed by atoms with Crippen LogP contribution in [0.25, 0.3) is 0 Å². The van der Waals surface area contributed by atoms with E-state index >= 15 is 0 Å². The first-order valence-corrected chi connectivity index (χ1v) is 8.30. The van der Waals surface area contributed by atoms with Crippen molar-refractivity contribution in [2.75, 3.05) is 19.8 Å². The molecule has 0 saturated carbocycles. The molecule has 1 aromatic carbocycles. The van der Waals surface area contributed by atoms with E-state index in [0.29, 0.717) is 18.9 Å². The van der Waals surface area contributed by atoms with Crippen molar-refractivity contribution in [1.29, 1.82) is 0 Å². The lowest BCUT2D eigenvalue weighted by Crippen LogP contribution is -2.35. The first-order valence-electron chi connectivity index (χ1n) is 8.30. The Morgan fingerprint density at radius 1 is 1.24 bits per heavy atom. The number of ether oxygens (including phenoxy) is 2. The molecule has 1 fully saturated rings. The van der Waals surface area contributed by atoms with Crippen molar-refractivity contribution in [2.24, 2.45) is 13.0 Å². The van der Waals surface area contributed by atoms with Gasteiger partial charge in [0.25, 0.3) is 0 Å². The minimum absolute atomic E-state index is 0.0686. The molecule has 2 aliphatic rings. The summed E-state index contributed by atoms with van der Waals surface area (Å²) in [7, 11) is 1.66. The highest BCUT2D eigenvalue weighted by atomic mass is 16.7. The van der Waals surface area contributed by atoms with Crippen LogP contribution in [0.3, 0.4) is 0 Å². The number of hydrogen-bond donors (Lipinski definition) is 0. The van der Waals surface area contributed by atoms with E-state index in [4.69, 9.17) is 9.47 Å². The molecular formula is C17H20N4O4. The fraction of sp³-hybridized carbons (Fsp3) is 0.471. The molecule has 0 aliphatic carbocycles. The Morgan fingerprint density at radius 3 is 2.48 bits per heavy atom. The second kappa shape index (κ2) is 6.55. The van der Waals surface area contributed by atoms with Gasteiger partial charge in [-0.25, -0.2) is 0 Å². The fourth-order valence-corrected chi connectivity index (χ4v) is 3.55. The van der Waals surface area contributed by atoms with E-state index in [2.05, 4.69) is 34.3 Å². The summed E-state index contributed by atoms with van der Waals surface area (Å²) in [4.78, 5) is 13.0. The number of benzene rings is 1. The Balaban J connectivity index is 1.35. The Bertz CT molecular complexity index is 758. The van der Waals surface area contributed by atoms with Crippen molar-refractivity contribution in [1.82, 2.24) is 14.7 Å². The van der Waals surface area contributed by atoms with Gasteiger partial charge in [-0.3, -0.25) is 19.7 Å². The number of hydrogen-bond acceptors (Lipinski definition) is 6. The predicted octanol–water partition coefficient (Wildman–Crippen LogP) is 2.01. The Labute approximate surface area is 145 Å². The molecular weight excluding hydrogens is 324 g/mol. The summed E-state index contributed by atoms with van der Waals surface area (Å²) in [5.41, 5.74) is 3.05.